The summed E-state index contributed by atoms with van der Waals surface area (Å²) in [5.74, 6) is -0.0272. The van der Waals surface area contributed by atoms with Gasteiger partial charge in [0.1, 0.15) is 6.10 Å². The number of nitrogens with two attached hydrogens (primary N) is 1. The van der Waals surface area contributed by atoms with Gasteiger partial charge in [-0.15, -0.1) is 5.10 Å². The smallest absolute Gasteiger partial charge is 0.322 e. The van der Waals surface area contributed by atoms with Crippen molar-refractivity contribution in [1.82, 2.24) is 10.2 Å². The normalized spacial score (nSPS) is 12.5. The highest BCUT2D eigenvalue weighted by Crippen LogP contribution is 2.04. The van der Waals surface area contributed by atoms with Crippen molar-refractivity contribution in [3.05, 3.63) is 5.89 Å². The van der Waals surface area contributed by atoms with E-state index in [9.17, 15) is 4.79 Å². The van der Waals surface area contributed by atoms with Crippen LogP contribution in [0.3, 0.4) is 0 Å². The molecule has 7 nitrogen and oxygen atoms in total. The zero-order valence-corrected chi connectivity index (χ0v) is 7.98. The first-order valence-electron chi connectivity index (χ1n) is 4.01. The second-order valence-electron chi connectivity index (χ2n) is 2.58. The molecule has 0 radical (unpaired) electrons. The number of carbonyl (C=O) groups excluding carboxylic acids is 1. The number of methoxy groups -OCH3 is 1. The van der Waals surface area contributed by atoms with Crippen molar-refractivity contribution in [1.29, 1.82) is 0 Å². The Balaban J connectivity index is 2.56. The number of amides is 1. The summed E-state index contributed by atoms with van der Waals surface area (Å²) in [6.45, 7) is 1.72. The van der Waals surface area contributed by atoms with Gasteiger partial charge in [-0.2, -0.15) is 0 Å². The highest BCUT2D eigenvalue weighted by atomic mass is 16.5. The number of aryl methyl sites for hydroxylation is 1. The molecule has 1 aromatic heterocycles. The molecule has 78 valence electrons. The molecule has 3 N–H and O–H groups in total. The van der Waals surface area contributed by atoms with E-state index in [0.29, 0.717) is 5.89 Å². The molecule has 1 aromatic rings. The van der Waals surface area contributed by atoms with Crippen LogP contribution in [0.4, 0.5) is 6.01 Å². The Morgan fingerprint density at radius 2 is 2.43 bits per heavy atom. The van der Waals surface area contributed by atoms with Gasteiger partial charge in [0.25, 0.3) is 5.91 Å². The van der Waals surface area contributed by atoms with E-state index in [1.807, 2.05) is 0 Å². The molecule has 1 heterocycles. The van der Waals surface area contributed by atoms with Crippen LogP contribution in [-0.2, 0) is 9.53 Å². The van der Waals surface area contributed by atoms with Gasteiger partial charge < -0.3 is 14.9 Å². The van der Waals surface area contributed by atoms with E-state index >= 15 is 0 Å². The van der Waals surface area contributed by atoms with E-state index in [4.69, 9.17) is 14.9 Å². The quantitative estimate of drug-likeness (QED) is 0.665. The zero-order chi connectivity index (χ0) is 10.6. The van der Waals surface area contributed by atoms with Crippen LogP contribution in [0.25, 0.3) is 0 Å². The van der Waals surface area contributed by atoms with E-state index in [-0.39, 0.29) is 12.6 Å². The zero-order valence-electron chi connectivity index (χ0n) is 7.98. The molecule has 0 bridgehead atoms. The molecule has 0 aliphatic carbocycles. The molecule has 0 saturated heterocycles. The van der Waals surface area contributed by atoms with Crippen LogP contribution < -0.4 is 11.1 Å². The number of nitrogens with one attached hydrogen (secondary N) is 1. The van der Waals surface area contributed by atoms with Crippen LogP contribution >= 0.6 is 0 Å². The minimum atomic E-state index is -0.706. The molecule has 0 spiro atoms. The number of aromatic nitrogens is 2. The summed E-state index contributed by atoms with van der Waals surface area (Å²) in [6, 6.07) is 0.0444. The predicted octanol–water partition coefficient (Wildman–Crippen LogP) is -0.710. The summed E-state index contributed by atoms with van der Waals surface area (Å²) in [4.78, 5) is 11.3. The number of rotatable bonds is 4. The molecule has 7 heteroatoms. The van der Waals surface area contributed by atoms with Gasteiger partial charge >= 0.3 is 6.01 Å². The van der Waals surface area contributed by atoms with Crippen molar-refractivity contribution in [3.8, 4) is 0 Å². The summed E-state index contributed by atoms with van der Waals surface area (Å²) >= 11 is 0. The first-order valence-corrected chi connectivity index (χ1v) is 4.01. The first kappa shape index (κ1) is 10.6. The van der Waals surface area contributed by atoms with Gasteiger partial charge in [0.2, 0.25) is 5.89 Å². The molecule has 1 atom stereocenters. The molecule has 0 aliphatic rings. The van der Waals surface area contributed by atoms with Gasteiger partial charge in [0.15, 0.2) is 0 Å². The lowest BCUT2D eigenvalue weighted by molar-refractivity contribution is -0.125. The monoisotopic (exact) mass is 200 g/mol. The maximum Gasteiger partial charge on any atom is 0.322 e. The molecule has 1 rings (SSSR count). The van der Waals surface area contributed by atoms with Crippen molar-refractivity contribution in [2.75, 3.05) is 19.0 Å². The maximum atomic E-state index is 11.3. The number of carbonyl (C=O) groups is 1. The van der Waals surface area contributed by atoms with Gasteiger partial charge in [-0.25, -0.2) is 0 Å². The lowest BCUT2D eigenvalue weighted by atomic mass is 10.3. The van der Waals surface area contributed by atoms with E-state index in [1.54, 1.807) is 6.92 Å². The van der Waals surface area contributed by atoms with E-state index < -0.39 is 12.0 Å². The molecular formula is C7H12N4O3. The van der Waals surface area contributed by atoms with Gasteiger partial charge in [-0.05, 0) is 0 Å². The summed E-state index contributed by atoms with van der Waals surface area (Å²) in [5.41, 5.74) is 5.29. The van der Waals surface area contributed by atoms with Crippen molar-refractivity contribution < 1.29 is 13.9 Å². The molecular weight excluding hydrogens is 188 g/mol. The summed E-state index contributed by atoms with van der Waals surface area (Å²) < 4.78 is 9.76. The third-order valence-electron chi connectivity index (χ3n) is 1.55. The largest absolute Gasteiger partial charge is 0.408 e. The number of anilines is 1. The maximum absolute atomic E-state index is 11.3. The molecule has 14 heavy (non-hydrogen) atoms. The van der Waals surface area contributed by atoms with E-state index in [2.05, 4.69) is 15.5 Å². The average molecular weight is 200 g/mol. The van der Waals surface area contributed by atoms with Crippen LogP contribution in [-0.4, -0.2) is 35.9 Å². The summed E-state index contributed by atoms with van der Waals surface area (Å²) in [6.07, 6.45) is -0.706. The van der Waals surface area contributed by atoms with Crippen LogP contribution in [0.2, 0.25) is 0 Å². The molecule has 0 saturated carbocycles. The van der Waals surface area contributed by atoms with Gasteiger partial charge in [0, 0.05) is 20.6 Å². The minimum Gasteiger partial charge on any atom is -0.408 e. The van der Waals surface area contributed by atoms with Crippen molar-refractivity contribution in [3.63, 3.8) is 0 Å². The molecule has 0 fully saturated rings. The predicted molar refractivity (Wildman–Crippen MR) is 47.5 cm³/mol. The Morgan fingerprint density at radius 1 is 1.71 bits per heavy atom. The Hall–Kier alpha value is -1.47. The van der Waals surface area contributed by atoms with E-state index in [0.717, 1.165) is 0 Å². The van der Waals surface area contributed by atoms with Gasteiger partial charge in [-0.3, -0.25) is 10.1 Å². The highest BCUT2D eigenvalue weighted by Gasteiger charge is 2.17. The lowest BCUT2D eigenvalue weighted by Crippen LogP contribution is -2.36. The Labute approximate surface area is 80.6 Å². The van der Waals surface area contributed by atoms with Gasteiger partial charge in [0.05, 0.1) is 0 Å². The number of hydrogen-bond acceptors (Lipinski definition) is 6. The SMILES string of the molecule is COC(CN)C(=O)Nc1nnc(C)o1. The average Bonchev–Trinajstić information content (AvgIpc) is 2.53. The third kappa shape index (κ3) is 2.51. The molecule has 1 amide bonds. The van der Waals surface area contributed by atoms with Crippen molar-refractivity contribution in [2.24, 2.45) is 5.73 Å². The summed E-state index contributed by atoms with van der Waals surface area (Å²) in [7, 11) is 1.40. The van der Waals surface area contributed by atoms with Crippen molar-refractivity contribution >= 4 is 11.9 Å². The Morgan fingerprint density at radius 3 is 2.86 bits per heavy atom. The summed E-state index contributed by atoms with van der Waals surface area (Å²) in [5, 5.41) is 9.52. The van der Waals surface area contributed by atoms with Crippen LogP contribution in [0, 0.1) is 6.92 Å². The van der Waals surface area contributed by atoms with Crippen LogP contribution in [0.5, 0.6) is 0 Å². The first-order chi connectivity index (χ1) is 6.67. The standard InChI is InChI=1S/C7H12N4O3/c1-4-10-11-7(14-4)9-6(12)5(3-8)13-2/h5H,3,8H2,1-2H3,(H,9,11,12). The second kappa shape index (κ2) is 4.68. The minimum absolute atomic E-state index is 0.0444. The highest BCUT2D eigenvalue weighted by molar-refractivity contribution is 5.92. The fourth-order valence-corrected chi connectivity index (χ4v) is 0.843. The number of ether oxygens (including phenoxy) is 1. The fourth-order valence-electron chi connectivity index (χ4n) is 0.843. The Kier molecular flexibility index (Phi) is 3.55. The number of hydrogen-bond donors (Lipinski definition) is 2. The fraction of sp³-hybridized carbons (Fsp3) is 0.571. The molecule has 1 unspecified atom stereocenters. The lowest BCUT2D eigenvalue weighted by Gasteiger charge is -2.10. The Bertz CT molecular complexity index is 308. The van der Waals surface area contributed by atoms with Crippen LogP contribution in [0.15, 0.2) is 4.42 Å². The van der Waals surface area contributed by atoms with Gasteiger partial charge in [-0.1, -0.05) is 5.10 Å². The third-order valence-corrected chi connectivity index (χ3v) is 1.55. The second-order valence-corrected chi connectivity index (χ2v) is 2.58. The topological polar surface area (TPSA) is 103 Å². The number of nitrogens with zero attached hydrogens (tertiary/aromatic N) is 2. The van der Waals surface area contributed by atoms with Crippen LogP contribution in [0.1, 0.15) is 5.89 Å². The van der Waals surface area contributed by atoms with E-state index in [1.165, 1.54) is 7.11 Å². The van der Waals surface area contributed by atoms with Crippen molar-refractivity contribution in [2.45, 2.75) is 13.0 Å². The molecule has 0 aromatic carbocycles. The molecule has 0 aliphatic heterocycles.